The van der Waals surface area contributed by atoms with Crippen LogP contribution in [0.4, 0.5) is 32.2 Å². The summed E-state index contributed by atoms with van der Waals surface area (Å²) >= 11 is 5.65. The molecule has 2 rings (SSSR count). The number of halogens is 7. The topological polar surface area (TPSA) is 51.2 Å². The molecule has 152 valence electrons. The molecule has 0 atom stereocenters. The zero-order valence-electron chi connectivity index (χ0n) is 14.0. The molecule has 1 amide bonds. The number of hydrogen-bond acceptors (Lipinski definition) is 3. The predicted octanol–water partition coefficient (Wildman–Crippen LogP) is 4.97. The highest BCUT2D eigenvalue weighted by molar-refractivity contribution is 6.30. The minimum absolute atomic E-state index is 0.0525. The number of alkyl halides is 6. The Morgan fingerprint density at radius 3 is 2.14 bits per heavy atom. The highest BCUT2D eigenvalue weighted by atomic mass is 35.5. The Morgan fingerprint density at radius 1 is 1.04 bits per heavy atom. The number of amides is 1. The number of carbonyl (C=O) groups excluding carboxylic acids is 1. The van der Waals surface area contributed by atoms with Crippen molar-refractivity contribution in [2.75, 3.05) is 18.5 Å². The van der Waals surface area contributed by atoms with Crippen LogP contribution in [0, 0.1) is 0 Å². The molecular formula is C17H13ClF6N2O2. The highest BCUT2D eigenvalue weighted by Crippen LogP contribution is 2.36. The lowest BCUT2D eigenvalue weighted by molar-refractivity contribution is -0.143. The summed E-state index contributed by atoms with van der Waals surface area (Å²) in [5.74, 6) is -0.374. The van der Waals surface area contributed by atoms with E-state index in [0.29, 0.717) is 17.2 Å². The van der Waals surface area contributed by atoms with Crippen LogP contribution < -0.4 is 5.32 Å². The number of benzene rings is 1. The Kier molecular flexibility index (Phi) is 6.89. The molecule has 0 spiro atoms. The average molecular weight is 427 g/mol. The molecule has 0 aliphatic carbocycles. The summed E-state index contributed by atoms with van der Waals surface area (Å²) in [4.78, 5) is 15.5. The Labute approximate surface area is 160 Å². The minimum atomic E-state index is -4.91. The fraction of sp³-hybridized carbons (Fsp3) is 0.294. The average Bonchev–Trinajstić information content (AvgIpc) is 2.59. The summed E-state index contributed by atoms with van der Waals surface area (Å²) in [5.41, 5.74) is -3.00. The fourth-order valence-electron chi connectivity index (χ4n) is 2.15. The van der Waals surface area contributed by atoms with Crippen molar-refractivity contribution in [3.8, 4) is 0 Å². The lowest BCUT2D eigenvalue weighted by atomic mass is 10.0. The number of hydrogen-bond donors (Lipinski definition) is 1. The van der Waals surface area contributed by atoms with E-state index in [9.17, 15) is 31.1 Å². The van der Waals surface area contributed by atoms with E-state index in [1.54, 1.807) is 0 Å². The molecule has 0 saturated heterocycles. The second kappa shape index (κ2) is 8.78. The second-order valence-electron chi connectivity index (χ2n) is 5.63. The first-order chi connectivity index (χ1) is 12.9. The van der Waals surface area contributed by atoms with Crippen molar-refractivity contribution in [2.24, 2.45) is 0 Å². The first-order valence-electron chi connectivity index (χ1n) is 7.72. The van der Waals surface area contributed by atoms with Crippen molar-refractivity contribution in [3.05, 3.63) is 58.2 Å². The molecule has 4 nitrogen and oxygen atoms in total. The van der Waals surface area contributed by atoms with Crippen molar-refractivity contribution in [2.45, 2.75) is 18.8 Å². The van der Waals surface area contributed by atoms with E-state index in [-0.39, 0.29) is 30.5 Å². The van der Waals surface area contributed by atoms with Crippen LogP contribution in [0.15, 0.2) is 36.5 Å². The van der Waals surface area contributed by atoms with Gasteiger partial charge in [-0.3, -0.25) is 4.79 Å². The fourth-order valence-corrected chi connectivity index (χ4v) is 2.26. The van der Waals surface area contributed by atoms with Gasteiger partial charge < -0.3 is 10.1 Å². The van der Waals surface area contributed by atoms with Gasteiger partial charge in [-0.15, -0.1) is 0 Å². The van der Waals surface area contributed by atoms with E-state index in [1.807, 2.05) is 0 Å². The molecule has 1 N–H and O–H groups in total. The molecule has 1 aromatic heterocycles. The molecule has 0 aliphatic heterocycles. The van der Waals surface area contributed by atoms with Gasteiger partial charge in [0.2, 0.25) is 0 Å². The number of nitrogens with zero attached hydrogens (tertiary/aromatic N) is 1. The molecule has 0 fully saturated rings. The number of carbonyl (C=O) groups is 1. The van der Waals surface area contributed by atoms with Crippen molar-refractivity contribution in [3.63, 3.8) is 0 Å². The maximum Gasteiger partial charge on any atom is 0.416 e. The molecule has 1 heterocycles. The van der Waals surface area contributed by atoms with Gasteiger partial charge in [-0.1, -0.05) is 11.6 Å². The van der Waals surface area contributed by atoms with E-state index in [2.05, 4.69) is 10.3 Å². The molecule has 28 heavy (non-hydrogen) atoms. The van der Waals surface area contributed by atoms with Gasteiger partial charge in [0.1, 0.15) is 12.4 Å². The van der Waals surface area contributed by atoms with Gasteiger partial charge in [0.25, 0.3) is 5.91 Å². The van der Waals surface area contributed by atoms with Crippen LogP contribution >= 0.6 is 11.6 Å². The Balaban J connectivity index is 1.93. The van der Waals surface area contributed by atoms with Crippen molar-refractivity contribution < 1.29 is 35.9 Å². The van der Waals surface area contributed by atoms with E-state index < -0.39 is 36.0 Å². The first kappa shape index (κ1) is 22.0. The molecule has 0 unspecified atom stereocenters. The van der Waals surface area contributed by atoms with Crippen LogP contribution in [0.1, 0.15) is 16.7 Å². The van der Waals surface area contributed by atoms with Gasteiger partial charge in [-0.2, -0.15) is 26.3 Å². The summed E-state index contributed by atoms with van der Waals surface area (Å²) in [6.45, 7) is -0.699. The molecule has 0 radical (unpaired) electrons. The van der Waals surface area contributed by atoms with E-state index >= 15 is 0 Å². The SMILES string of the molecule is O=C(COCCc1cc(C(F)(F)F)cc(C(F)(F)F)c1)Nc1ccc(Cl)cn1. The normalized spacial score (nSPS) is 12.1. The molecule has 0 aliphatic rings. The third-order valence-corrected chi connectivity index (χ3v) is 3.63. The number of ether oxygens (including phenoxy) is 1. The summed E-state index contributed by atoms with van der Waals surface area (Å²) in [6.07, 6.45) is -8.76. The monoisotopic (exact) mass is 426 g/mol. The van der Waals surface area contributed by atoms with Gasteiger partial charge in [0, 0.05) is 6.20 Å². The number of nitrogens with one attached hydrogen (secondary N) is 1. The minimum Gasteiger partial charge on any atom is -0.371 e. The molecule has 2 aromatic rings. The van der Waals surface area contributed by atoms with Crippen LogP contribution in [-0.4, -0.2) is 24.1 Å². The lowest BCUT2D eigenvalue weighted by Gasteiger charge is -2.14. The van der Waals surface area contributed by atoms with Gasteiger partial charge in [-0.25, -0.2) is 4.98 Å². The molecule has 0 saturated carbocycles. The Bertz CT molecular complexity index is 790. The van der Waals surface area contributed by atoms with Gasteiger partial charge in [0.15, 0.2) is 0 Å². The Morgan fingerprint density at radius 2 is 1.64 bits per heavy atom. The smallest absolute Gasteiger partial charge is 0.371 e. The van der Waals surface area contributed by atoms with Crippen LogP contribution in [0.2, 0.25) is 5.02 Å². The van der Waals surface area contributed by atoms with Crippen LogP contribution in [-0.2, 0) is 28.3 Å². The number of anilines is 1. The van der Waals surface area contributed by atoms with Gasteiger partial charge >= 0.3 is 12.4 Å². The molecule has 1 aromatic carbocycles. The summed E-state index contributed by atoms with van der Waals surface area (Å²) in [7, 11) is 0. The maximum absolute atomic E-state index is 12.8. The highest BCUT2D eigenvalue weighted by Gasteiger charge is 2.36. The van der Waals surface area contributed by atoms with E-state index in [1.165, 1.54) is 18.3 Å². The third-order valence-electron chi connectivity index (χ3n) is 3.41. The van der Waals surface area contributed by atoms with E-state index in [4.69, 9.17) is 16.3 Å². The van der Waals surface area contributed by atoms with Crippen molar-refractivity contribution in [1.82, 2.24) is 4.98 Å². The summed E-state index contributed by atoms with van der Waals surface area (Å²) in [5, 5.41) is 2.76. The number of pyridine rings is 1. The molecule has 11 heteroatoms. The zero-order chi connectivity index (χ0) is 20.9. The van der Waals surface area contributed by atoms with Crippen LogP contribution in [0.5, 0.6) is 0 Å². The zero-order valence-corrected chi connectivity index (χ0v) is 14.8. The van der Waals surface area contributed by atoms with Gasteiger partial charge in [-0.05, 0) is 42.3 Å². The quantitative estimate of drug-likeness (QED) is 0.524. The maximum atomic E-state index is 12.8. The standard InChI is InChI=1S/C17H13ClF6N2O2/c18-13-1-2-14(25-8-13)26-15(27)9-28-4-3-10-5-11(16(19,20)21)7-12(6-10)17(22,23)24/h1-2,5-8H,3-4,9H2,(H,25,26,27). The summed E-state index contributed by atoms with van der Waals surface area (Å²) < 4.78 is 81.8. The Hall–Kier alpha value is -2.33. The molecule has 0 bridgehead atoms. The summed E-state index contributed by atoms with van der Waals surface area (Å²) in [6, 6.07) is 4.24. The number of rotatable bonds is 6. The second-order valence-corrected chi connectivity index (χ2v) is 6.06. The van der Waals surface area contributed by atoms with Crippen molar-refractivity contribution >= 4 is 23.3 Å². The lowest BCUT2D eigenvalue weighted by Crippen LogP contribution is -2.19. The first-order valence-corrected chi connectivity index (χ1v) is 8.10. The molecular weight excluding hydrogens is 414 g/mol. The third kappa shape index (κ3) is 6.68. The van der Waals surface area contributed by atoms with Crippen LogP contribution in [0.3, 0.4) is 0 Å². The largest absolute Gasteiger partial charge is 0.416 e. The number of aromatic nitrogens is 1. The van der Waals surface area contributed by atoms with Gasteiger partial charge in [0.05, 0.1) is 22.8 Å². The predicted molar refractivity (Wildman–Crippen MR) is 88.8 cm³/mol. The van der Waals surface area contributed by atoms with Crippen molar-refractivity contribution in [1.29, 1.82) is 0 Å². The van der Waals surface area contributed by atoms with E-state index in [0.717, 1.165) is 0 Å². The van der Waals surface area contributed by atoms with Crippen LogP contribution in [0.25, 0.3) is 0 Å².